The first-order chi connectivity index (χ1) is 4.80. The molecule has 1 aliphatic rings. The van der Waals surface area contributed by atoms with E-state index in [4.69, 9.17) is 9.84 Å². The Balaban J connectivity index is 2.35. The van der Waals surface area contributed by atoms with Gasteiger partial charge in [0.25, 0.3) is 0 Å². The van der Waals surface area contributed by atoms with Crippen LogP contribution in [0.3, 0.4) is 0 Å². The zero-order valence-corrected chi connectivity index (χ0v) is 5.67. The van der Waals surface area contributed by atoms with Crippen LogP contribution in [-0.4, -0.2) is 36.9 Å². The first-order valence-corrected chi connectivity index (χ1v) is 3.36. The van der Waals surface area contributed by atoms with Gasteiger partial charge in [0.05, 0.1) is 6.61 Å². The number of rotatable bonds is 1. The summed E-state index contributed by atoms with van der Waals surface area (Å²) in [6.07, 6.45) is -0.0370. The van der Waals surface area contributed by atoms with E-state index in [0.29, 0.717) is 13.0 Å². The zero-order valence-electron chi connectivity index (χ0n) is 5.67. The van der Waals surface area contributed by atoms with Gasteiger partial charge in [0.15, 0.2) is 6.10 Å². The van der Waals surface area contributed by atoms with Crippen LogP contribution in [0.25, 0.3) is 0 Å². The van der Waals surface area contributed by atoms with Gasteiger partial charge in [0.2, 0.25) is 0 Å². The molecule has 1 rings (SSSR count). The Bertz CT molecular complexity index is 118. The van der Waals surface area contributed by atoms with Crippen LogP contribution in [0.1, 0.15) is 6.42 Å². The maximum atomic E-state index is 10.4. The van der Waals surface area contributed by atoms with Gasteiger partial charge in [-0.15, -0.1) is 0 Å². The summed E-state index contributed by atoms with van der Waals surface area (Å²) in [5.41, 5.74) is 0. The molecule has 1 aliphatic heterocycles. The summed E-state index contributed by atoms with van der Waals surface area (Å²) < 4.78 is 5.00. The lowest BCUT2D eigenvalue weighted by Gasteiger charge is -2.06. The fourth-order valence-electron chi connectivity index (χ4n) is 0.910. The minimum Gasteiger partial charge on any atom is -0.479 e. The van der Waals surface area contributed by atoms with Crippen LogP contribution in [0.2, 0.25) is 0 Å². The lowest BCUT2D eigenvalue weighted by molar-refractivity contribution is -0.149. The van der Waals surface area contributed by atoms with E-state index in [0.717, 1.165) is 13.1 Å². The van der Waals surface area contributed by atoms with E-state index in [2.05, 4.69) is 5.32 Å². The molecular weight excluding hydrogens is 134 g/mol. The minimum atomic E-state index is -0.858. The van der Waals surface area contributed by atoms with Gasteiger partial charge in [0, 0.05) is 6.54 Å². The average molecular weight is 145 g/mol. The van der Waals surface area contributed by atoms with Crippen molar-refractivity contribution >= 4 is 5.97 Å². The smallest absolute Gasteiger partial charge is 0.332 e. The van der Waals surface area contributed by atoms with Crippen LogP contribution < -0.4 is 5.32 Å². The van der Waals surface area contributed by atoms with E-state index >= 15 is 0 Å². The lowest BCUT2D eigenvalue weighted by Crippen LogP contribution is -2.24. The Hall–Kier alpha value is -0.610. The van der Waals surface area contributed by atoms with Gasteiger partial charge in [0.1, 0.15) is 0 Å². The summed E-state index contributed by atoms with van der Waals surface area (Å²) in [6, 6.07) is 0. The Morgan fingerprint density at radius 1 is 1.60 bits per heavy atom. The monoisotopic (exact) mass is 145 g/mol. The van der Waals surface area contributed by atoms with Gasteiger partial charge in [-0.2, -0.15) is 0 Å². The predicted octanol–water partition coefficient (Wildman–Crippen LogP) is -0.551. The number of aliphatic carboxylic acids is 1. The van der Waals surface area contributed by atoms with Gasteiger partial charge in [-0.05, 0) is 13.0 Å². The second-order valence-corrected chi connectivity index (χ2v) is 2.24. The largest absolute Gasteiger partial charge is 0.479 e. The van der Waals surface area contributed by atoms with Crippen molar-refractivity contribution in [2.24, 2.45) is 0 Å². The molecule has 10 heavy (non-hydrogen) atoms. The van der Waals surface area contributed by atoms with E-state index in [1.165, 1.54) is 0 Å². The Labute approximate surface area is 59.2 Å². The molecule has 1 saturated heterocycles. The van der Waals surface area contributed by atoms with E-state index in [1.807, 2.05) is 0 Å². The molecule has 0 aromatic heterocycles. The summed E-state index contributed by atoms with van der Waals surface area (Å²) in [7, 11) is 0. The third-order valence-corrected chi connectivity index (χ3v) is 1.46. The van der Waals surface area contributed by atoms with E-state index in [-0.39, 0.29) is 0 Å². The quantitative estimate of drug-likeness (QED) is 0.519. The van der Waals surface area contributed by atoms with Crippen LogP contribution >= 0.6 is 0 Å². The van der Waals surface area contributed by atoms with Crippen molar-refractivity contribution in [2.45, 2.75) is 12.5 Å². The molecule has 0 amide bonds. The molecular formula is C6H11NO3. The SMILES string of the molecule is O=C(O)C1CCNCCO1. The molecule has 58 valence electrons. The summed E-state index contributed by atoms with van der Waals surface area (Å²) in [5.74, 6) is -0.858. The highest BCUT2D eigenvalue weighted by molar-refractivity contribution is 5.72. The maximum absolute atomic E-state index is 10.4. The standard InChI is InChI=1S/C6H11NO3/c8-6(9)5-1-2-7-3-4-10-5/h5,7H,1-4H2,(H,8,9). The molecule has 1 unspecified atom stereocenters. The van der Waals surface area contributed by atoms with Crippen molar-refractivity contribution in [2.75, 3.05) is 19.7 Å². The van der Waals surface area contributed by atoms with Crippen molar-refractivity contribution in [3.05, 3.63) is 0 Å². The van der Waals surface area contributed by atoms with Crippen LogP contribution in [0, 0.1) is 0 Å². The van der Waals surface area contributed by atoms with E-state index in [9.17, 15) is 4.79 Å². The first kappa shape index (κ1) is 7.50. The Morgan fingerprint density at radius 2 is 2.40 bits per heavy atom. The molecule has 0 spiro atoms. The molecule has 1 heterocycles. The molecule has 1 atom stereocenters. The number of nitrogens with one attached hydrogen (secondary N) is 1. The summed E-state index contributed by atoms with van der Waals surface area (Å²) in [6.45, 7) is 1.98. The average Bonchev–Trinajstić information content (AvgIpc) is 2.12. The van der Waals surface area contributed by atoms with Crippen molar-refractivity contribution in [3.8, 4) is 0 Å². The molecule has 0 radical (unpaired) electrons. The maximum Gasteiger partial charge on any atom is 0.332 e. The van der Waals surface area contributed by atoms with Crippen molar-refractivity contribution < 1.29 is 14.6 Å². The van der Waals surface area contributed by atoms with Crippen LogP contribution in [0.5, 0.6) is 0 Å². The molecule has 0 saturated carbocycles. The highest BCUT2D eigenvalue weighted by Gasteiger charge is 2.18. The molecule has 4 nitrogen and oxygen atoms in total. The number of ether oxygens (including phenoxy) is 1. The molecule has 0 aromatic rings. The first-order valence-electron chi connectivity index (χ1n) is 3.36. The van der Waals surface area contributed by atoms with Crippen molar-refractivity contribution in [3.63, 3.8) is 0 Å². The molecule has 0 aromatic carbocycles. The van der Waals surface area contributed by atoms with Gasteiger partial charge < -0.3 is 15.2 Å². The predicted molar refractivity (Wildman–Crippen MR) is 34.9 cm³/mol. The van der Waals surface area contributed by atoms with Gasteiger partial charge in [-0.25, -0.2) is 4.79 Å². The van der Waals surface area contributed by atoms with Crippen LogP contribution in [0.15, 0.2) is 0 Å². The fraction of sp³-hybridized carbons (Fsp3) is 0.833. The minimum absolute atomic E-state index is 0.497. The van der Waals surface area contributed by atoms with E-state index in [1.54, 1.807) is 0 Å². The Morgan fingerprint density at radius 3 is 3.10 bits per heavy atom. The van der Waals surface area contributed by atoms with Gasteiger partial charge in [-0.1, -0.05) is 0 Å². The van der Waals surface area contributed by atoms with Crippen LogP contribution in [-0.2, 0) is 9.53 Å². The lowest BCUT2D eigenvalue weighted by atomic mass is 10.2. The van der Waals surface area contributed by atoms with E-state index < -0.39 is 12.1 Å². The second kappa shape index (κ2) is 3.53. The van der Waals surface area contributed by atoms with Gasteiger partial charge in [-0.3, -0.25) is 0 Å². The summed E-state index contributed by atoms with van der Waals surface area (Å²) in [4.78, 5) is 10.4. The number of hydrogen-bond acceptors (Lipinski definition) is 3. The molecule has 0 bridgehead atoms. The van der Waals surface area contributed by atoms with Crippen molar-refractivity contribution in [1.29, 1.82) is 0 Å². The number of carboxylic acids is 1. The Kier molecular flexibility index (Phi) is 2.65. The fourth-order valence-corrected chi connectivity index (χ4v) is 0.910. The molecule has 4 heteroatoms. The van der Waals surface area contributed by atoms with Crippen LogP contribution in [0.4, 0.5) is 0 Å². The third-order valence-electron chi connectivity index (χ3n) is 1.46. The molecule has 2 N–H and O–H groups in total. The molecule has 0 aliphatic carbocycles. The number of carbonyl (C=O) groups is 1. The summed E-state index contributed by atoms with van der Waals surface area (Å²) in [5, 5.41) is 11.6. The zero-order chi connectivity index (χ0) is 7.40. The number of hydrogen-bond donors (Lipinski definition) is 2. The van der Waals surface area contributed by atoms with Gasteiger partial charge >= 0.3 is 5.97 Å². The second-order valence-electron chi connectivity index (χ2n) is 2.24. The summed E-state index contributed by atoms with van der Waals surface area (Å²) >= 11 is 0. The highest BCUT2D eigenvalue weighted by atomic mass is 16.5. The highest BCUT2D eigenvalue weighted by Crippen LogP contribution is 1.99. The molecule has 1 fully saturated rings. The number of carboxylic acid groups (broad SMARTS) is 1. The van der Waals surface area contributed by atoms with Crippen molar-refractivity contribution in [1.82, 2.24) is 5.32 Å². The normalized spacial score (nSPS) is 27.4. The topological polar surface area (TPSA) is 58.6 Å². The third kappa shape index (κ3) is 1.97.